The van der Waals surface area contributed by atoms with Gasteiger partial charge < -0.3 is 10.8 Å². The van der Waals surface area contributed by atoms with Crippen molar-refractivity contribution in [2.45, 2.75) is 32.4 Å². The predicted molar refractivity (Wildman–Crippen MR) is 66.5 cm³/mol. The van der Waals surface area contributed by atoms with E-state index in [-0.39, 0.29) is 11.7 Å². The van der Waals surface area contributed by atoms with Gasteiger partial charge in [0.2, 0.25) is 0 Å². The van der Waals surface area contributed by atoms with Gasteiger partial charge in [-0.1, -0.05) is 32.4 Å². The summed E-state index contributed by atoms with van der Waals surface area (Å²) in [4.78, 5) is 0. The standard InChI is InChI=1S/C12H17BrFNO/c1-3-7(2)12(16)11(15)8-5-4-6-9(14)10(8)13/h4-7,11-12,16H,3,15H2,1-2H3/t7?,11-,12+/m0/s1. The third-order valence-electron chi connectivity index (χ3n) is 2.94. The lowest BCUT2D eigenvalue weighted by molar-refractivity contribution is 0.0876. The molecule has 0 saturated heterocycles. The highest BCUT2D eigenvalue weighted by atomic mass is 79.9. The second-order valence-electron chi connectivity index (χ2n) is 4.04. The van der Waals surface area contributed by atoms with E-state index < -0.39 is 12.1 Å². The molecular formula is C12H17BrFNO. The van der Waals surface area contributed by atoms with Crippen molar-refractivity contribution in [2.24, 2.45) is 11.7 Å². The number of halogens is 2. The van der Waals surface area contributed by atoms with Gasteiger partial charge in [-0.3, -0.25) is 0 Å². The second-order valence-corrected chi connectivity index (χ2v) is 4.84. The van der Waals surface area contributed by atoms with E-state index >= 15 is 0 Å². The summed E-state index contributed by atoms with van der Waals surface area (Å²) in [6, 6.07) is 4.11. The molecular weight excluding hydrogens is 273 g/mol. The summed E-state index contributed by atoms with van der Waals surface area (Å²) < 4.78 is 13.6. The molecule has 90 valence electrons. The van der Waals surface area contributed by atoms with Crippen LogP contribution in [0.3, 0.4) is 0 Å². The molecule has 1 unspecified atom stereocenters. The first-order valence-corrected chi connectivity index (χ1v) is 6.15. The maximum Gasteiger partial charge on any atom is 0.137 e. The van der Waals surface area contributed by atoms with Crippen molar-refractivity contribution < 1.29 is 9.50 Å². The molecule has 0 amide bonds. The lowest BCUT2D eigenvalue weighted by Crippen LogP contribution is -2.31. The Morgan fingerprint density at radius 3 is 2.69 bits per heavy atom. The third kappa shape index (κ3) is 2.81. The van der Waals surface area contributed by atoms with E-state index in [4.69, 9.17) is 5.73 Å². The van der Waals surface area contributed by atoms with Crippen molar-refractivity contribution in [3.63, 3.8) is 0 Å². The van der Waals surface area contributed by atoms with Crippen LogP contribution >= 0.6 is 15.9 Å². The summed E-state index contributed by atoms with van der Waals surface area (Å²) in [5.74, 6) is -0.269. The number of hydrogen-bond acceptors (Lipinski definition) is 2. The van der Waals surface area contributed by atoms with E-state index in [2.05, 4.69) is 15.9 Å². The first kappa shape index (κ1) is 13.6. The fraction of sp³-hybridized carbons (Fsp3) is 0.500. The zero-order valence-electron chi connectivity index (χ0n) is 9.45. The van der Waals surface area contributed by atoms with Crippen LogP contribution < -0.4 is 5.73 Å². The van der Waals surface area contributed by atoms with Gasteiger partial charge in [0, 0.05) is 0 Å². The van der Waals surface area contributed by atoms with E-state index in [0.717, 1.165) is 6.42 Å². The highest BCUT2D eigenvalue weighted by molar-refractivity contribution is 9.10. The molecule has 3 N–H and O–H groups in total. The van der Waals surface area contributed by atoms with Crippen LogP contribution in [0.25, 0.3) is 0 Å². The van der Waals surface area contributed by atoms with Gasteiger partial charge in [0.05, 0.1) is 16.6 Å². The fourth-order valence-corrected chi connectivity index (χ4v) is 2.09. The maximum atomic E-state index is 13.3. The average Bonchev–Trinajstić information content (AvgIpc) is 2.29. The molecule has 0 radical (unpaired) electrons. The number of hydrogen-bond donors (Lipinski definition) is 2. The first-order valence-electron chi connectivity index (χ1n) is 5.36. The van der Waals surface area contributed by atoms with Crippen LogP contribution in [-0.4, -0.2) is 11.2 Å². The minimum absolute atomic E-state index is 0.0881. The Kier molecular flexibility index (Phi) is 4.89. The smallest absolute Gasteiger partial charge is 0.137 e. The quantitative estimate of drug-likeness (QED) is 0.895. The van der Waals surface area contributed by atoms with Crippen LogP contribution in [0.5, 0.6) is 0 Å². The Balaban J connectivity index is 2.96. The average molecular weight is 290 g/mol. The second kappa shape index (κ2) is 5.75. The van der Waals surface area contributed by atoms with Crippen LogP contribution in [-0.2, 0) is 0 Å². The van der Waals surface area contributed by atoms with Gasteiger partial charge in [-0.15, -0.1) is 0 Å². The first-order chi connectivity index (χ1) is 7.49. The van der Waals surface area contributed by atoms with E-state index in [9.17, 15) is 9.50 Å². The molecule has 1 rings (SSSR count). The zero-order chi connectivity index (χ0) is 12.3. The van der Waals surface area contributed by atoms with Gasteiger partial charge in [0.25, 0.3) is 0 Å². The van der Waals surface area contributed by atoms with Crippen molar-refractivity contribution in [2.75, 3.05) is 0 Å². The SMILES string of the molecule is CCC(C)[C@@H](O)[C@@H](N)c1cccc(F)c1Br. The van der Waals surface area contributed by atoms with Gasteiger partial charge in [-0.2, -0.15) is 0 Å². The fourth-order valence-electron chi connectivity index (χ4n) is 1.56. The number of rotatable bonds is 4. The van der Waals surface area contributed by atoms with Crippen molar-refractivity contribution in [1.82, 2.24) is 0 Å². The molecule has 2 nitrogen and oxygen atoms in total. The summed E-state index contributed by atoms with van der Waals surface area (Å²) >= 11 is 3.15. The third-order valence-corrected chi connectivity index (χ3v) is 3.77. The van der Waals surface area contributed by atoms with Crippen LogP contribution in [0.15, 0.2) is 22.7 Å². The van der Waals surface area contributed by atoms with Crippen LogP contribution in [0.1, 0.15) is 31.9 Å². The highest BCUT2D eigenvalue weighted by Gasteiger charge is 2.24. The number of aliphatic hydroxyl groups excluding tert-OH is 1. The molecule has 0 aromatic heterocycles. The lowest BCUT2D eigenvalue weighted by Gasteiger charge is -2.25. The highest BCUT2D eigenvalue weighted by Crippen LogP contribution is 2.29. The summed E-state index contributed by atoms with van der Waals surface area (Å²) in [6.07, 6.45) is 0.171. The molecule has 1 aromatic rings. The van der Waals surface area contributed by atoms with Crippen molar-refractivity contribution in [3.8, 4) is 0 Å². The topological polar surface area (TPSA) is 46.2 Å². The van der Waals surface area contributed by atoms with Crippen LogP contribution in [0.4, 0.5) is 4.39 Å². The summed E-state index contributed by atoms with van der Waals surface area (Å²) in [7, 11) is 0. The largest absolute Gasteiger partial charge is 0.391 e. The minimum Gasteiger partial charge on any atom is -0.391 e. The molecule has 0 heterocycles. The molecule has 16 heavy (non-hydrogen) atoms. The normalized spacial score (nSPS) is 16.9. The van der Waals surface area contributed by atoms with Gasteiger partial charge in [-0.25, -0.2) is 4.39 Å². The van der Waals surface area contributed by atoms with Crippen LogP contribution in [0, 0.1) is 11.7 Å². The molecule has 3 atom stereocenters. The van der Waals surface area contributed by atoms with Gasteiger partial charge in [0.1, 0.15) is 5.82 Å². The Labute approximate surface area is 104 Å². The lowest BCUT2D eigenvalue weighted by atomic mass is 9.91. The number of nitrogens with two attached hydrogens (primary N) is 1. The Morgan fingerprint density at radius 2 is 2.12 bits per heavy atom. The van der Waals surface area contributed by atoms with Gasteiger partial charge in [0.15, 0.2) is 0 Å². The summed E-state index contributed by atoms with van der Waals surface area (Å²) in [5.41, 5.74) is 6.54. The monoisotopic (exact) mass is 289 g/mol. The molecule has 0 aliphatic heterocycles. The molecule has 0 saturated carbocycles. The Bertz CT molecular complexity index is 359. The molecule has 1 aromatic carbocycles. The molecule has 0 aliphatic carbocycles. The zero-order valence-corrected chi connectivity index (χ0v) is 11.0. The molecule has 0 aliphatic rings. The maximum absolute atomic E-state index is 13.3. The van der Waals surface area contributed by atoms with E-state index in [0.29, 0.717) is 10.0 Å². The molecule has 0 fully saturated rings. The van der Waals surface area contributed by atoms with Gasteiger partial charge in [-0.05, 0) is 33.5 Å². The molecule has 0 bridgehead atoms. The number of benzene rings is 1. The summed E-state index contributed by atoms with van der Waals surface area (Å²) in [5, 5.41) is 9.99. The van der Waals surface area contributed by atoms with E-state index in [1.54, 1.807) is 12.1 Å². The van der Waals surface area contributed by atoms with E-state index in [1.807, 2.05) is 13.8 Å². The Hall–Kier alpha value is -0.450. The Morgan fingerprint density at radius 1 is 1.50 bits per heavy atom. The van der Waals surface area contributed by atoms with Crippen molar-refractivity contribution in [1.29, 1.82) is 0 Å². The van der Waals surface area contributed by atoms with Crippen LogP contribution in [0.2, 0.25) is 0 Å². The molecule has 4 heteroatoms. The predicted octanol–water partition coefficient (Wildman–Crippen LogP) is 3.00. The van der Waals surface area contributed by atoms with E-state index in [1.165, 1.54) is 6.07 Å². The summed E-state index contributed by atoms with van der Waals surface area (Å²) in [6.45, 7) is 3.92. The minimum atomic E-state index is -0.664. The van der Waals surface area contributed by atoms with Crippen molar-refractivity contribution in [3.05, 3.63) is 34.1 Å². The number of aliphatic hydroxyl groups is 1. The molecule has 0 spiro atoms. The van der Waals surface area contributed by atoms with Gasteiger partial charge >= 0.3 is 0 Å². The van der Waals surface area contributed by atoms with Crippen molar-refractivity contribution >= 4 is 15.9 Å².